The number of rotatable bonds is 7. The molecule has 1 aromatic heterocycles. The molecule has 2 heterocycles. The Labute approximate surface area is 222 Å². The lowest BCUT2D eigenvalue weighted by Crippen LogP contribution is -2.37. The number of aliphatic carboxylic acids is 1. The summed E-state index contributed by atoms with van der Waals surface area (Å²) >= 11 is 7.55. The van der Waals surface area contributed by atoms with Gasteiger partial charge in [-0.15, -0.1) is 11.3 Å². The van der Waals surface area contributed by atoms with Gasteiger partial charge >= 0.3 is 12.1 Å². The second-order valence-electron chi connectivity index (χ2n) is 8.63. The highest BCUT2D eigenvalue weighted by molar-refractivity contribution is 8.26. The van der Waals surface area contributed by atoms with Gasteiger partial charge in [-0.2, -0.15) is 13.2 Å². The summed E-state index contributed by atoms with van der Waals surface area (Å²) in [5.41, 5.74) is -0.705. The summed E-state index contributed by atoms with van der Waals surface area (Å²) < 4.78 is 53.0. The lowest BCUT2D eigenvalue weighted by Gasteiger charge is -2.16. The van der Waals surface area contributed by atoms with Crippen LogP contribution >= 0.6 is 35.3 Å². The largest absolute Gasteiger partial charge is 0.481 e. The minimum absolute atomic E-state index is 0.00319. The van der Waals surface area contributed by atoms with Gasteiger partial charge in [-0.25, -0.2) is 4.39 Å². The summed E-state index contributed by atoms with van der Waals surface area (Å²) in [6.45, 7) is 0.0639. The number of benzene rings is 1. The Morgan fingerprint density at radius 3 is 2.65 bits per heavy atom. The molecule has 2 N–H and O–H groups in total. The van der Waals surface area contributed by atoms with Crippen LogP contribution in [0.5, 0.6) is 0 Å². The molecule has 2 aromatic rings. The van der Waals surface area contributed by atoms with Crippen LogP contribution in [0.4, 0.5) is 17.6 Å². The molecule has 13 heteroatoms. The van der Waals surface area contributed by atoms with Gasteiger partial charge in [-0.1, -0.05) is 30.0 Å². The van der Waals surface area contributed by atoms with E-state index in [1.165, 1.54) is 22.3 Å². The first-order valence-corrected chi connectivity index (χ1v) is 13.3. The molecule has 0 radical (unpaired) electrons. The van der Waals surface area contributed by atoms with E-state index in [9.17, 15) is 31.9 Å². The summed E-state index contributed by atoms with van der Waals surface area (Å²) in [7, 11) is 0. The quantitative estimate of drug-likeness (QED) is 0.258. The number of thiophene rings is 1. The maximum absolute atomic E-state index is 13.6. The normalized spacial score (nSPS) is 21.2. The maximum atomic E-state index is 13.6. The van der Waals surface area contributed by atoms with Crippen LogP contribution < -0.4 is 5.32 Å². The van der Waals surface area contributed by atoms with Gasteiger partial charge in [0.2, 0.25) is 5.91 Å². The summed E-state index contributed by atoms with van der Waals surface area (Å²) in [4.78, 5) is 38.5. The monoisotopic (exact) mass is 572 g/mol. The molecule has 1 aliphatic carbocycles. The lowest BCUT2D eigenvalue weighted by molar-refractivity contribution is -0.142. The molecule has 1 aromatic carbocycles. The highest BCUT2D eigenvalue weighted by Crippen LogP contribution is 2.37. The number of thioether (sulfide) groups is 1. The van der Waals surface area contributed by atoms with Gasteiger partial charge < -0.3 is 10.4 Å². The van der Waals surface area contributed by atoms with Crippen LogP contribution in [0.25, 0.3) is 17.2 Å². The van der Waals surface area contributed by atoms with Crippen molar-refractivity contribution >= 4 is 63.5 Å². The van der Waals surface area contributed by atoms with Gasteiger partial charge in [0.05, 0.1) is 16.4 Å². The maximum Gasteiger partial charge on any atom is 0.419 e. The van der Waals surface area contributed by atoms with Gasteiger partial charge in [0, 0.05) is 23.9 Å². The molecule has 6 nitrogen and oxygen atoms in total. The van der Waals surface area contributed by atoms with Crippen LogP contribution in [0, 0.1) is 11.7 Å². The van der Waals surface area contributed by atoms with E-state index in [-0.39, 0.29) is 40.7 Å². The van der Waals surface area contributed by atoms with E-state index in [0.717, 1.165) is 23.9 Å². The fourth-order valence-electron chi connectivity index (χ4n) is 4.17. The van der Waals surface area contributed by atoms with Crippen molar-refractivity contribution < 1.29 is 37.1 Å². The molecule has 0 spiro atoms. The molecule has 2 fully saturated rings. The number of thiocarbonyl (C=S) groups is 1. The van der Waals surface area contributed by atoms with Gasteiger partial charge in [0.1, 0.15) is 10.1 Å². The van der Waals surface area contributed by atoms with Crippen molar-refractivity contribution in [2.75, 3.05) is 6.54 Å². The molecule has 0 bridgehead atoms. The smallest absolute Gasteiger partial charge is 0.419 e. The van der Waals surface area contributed by atoms with E-state index in [2.05, 4.69) is 5.32 Å². The Bertz CT molecular complexity index is 1290. The summed E-state index contributed by atoms with van der Waals surface area (Å²) in [6, 6.07) is 4.17. The van der Waals surface area contributed by atoms with Crippen molar-refractivity contribution in [3.05, 3.63) is 50.8 Å². The van der Waals surface area contributed by atoms with Crippen LogP contribution in [0.1, 0.15) is 36.1 Å². The van der Waals surface area contributed by atoms with Crippen LogP contribution in [0.15, 0.2) is 34.6 Å². The molecular weight excluding hydrogens is 552 g/mol. The lowest BCUT2D eigenvalue weighted by atomic mass is 10.0. The first-order chi connectivity index (χ1) is 17.4. The SMILES string of the molecule is O=C(CCN1C(=O)/C(=C/c2cc(-c3ccc(F)c(C(F)(F)F)c3)cs2)SC1=S)N[C@H]1CC[C@@H](C(=O)O)C1. The van der Waals surface area contributed by atoms with Crippen molar-refractivity contribution in [3.63, 3.8) is 0 Å². The van der Waals surface area contributed by atoms with Crippen LogP contribution in [0.2, 0.25) is 0 Å². The zero-order valence-corrected chi connectivity index (χ0v) is 21.5. The average Bonchev–Trinajstić information content (AvgIpc) is 3.53. The molecular formula is C24H20F4N2O4S3. The number of amides is 2. The van der Waals surface area contributed by atoms with E-state index in [0.29, 0.717) is 34.6 Å². The highest BCUT2D eigenvalue weighted by Gasteiger charge is 2.35. The van der Waals surface area contributed by atoms with Crippen molar-refractivity contribution in [1.82, 2.24) is 10.2 Å². The van der Waals surface area contributed by atoms with E-state index < -0.39 is 29.4 Å². The third-order valence-electron chi connectivity index (χ3n) is 6.08. The van der Waals surface area contributed by atoms with Crippen molar-refractivity contribution in [1.29, 1.82) is 0 Å². The molecule has 1 saturated carbocycles. The third kappa shape index (κ3) is 6.39. The van der Waals surface area contributed by atoms with Crippen molar-refractivity contribution in [2.45, 2.75) is 37.9 Å². The fourth-order valence-corrected chi connectivity index (χ4v) is 6.40. The van der Waals surface area contributed by atoms with Gasteiger partial charge in [0.15, 0.2) is 0 Å². The summed E-state index contributed by atoms with van der Waals surface area (Å²) in [6.07, 6.45) is -1.76. The molecule has 196 valence electrons. The highest BCUT2D eigenvalue weighted by atomic mass is 32.2. The number of halogens is 4. The topological polar surface area (TPSA) is 86.7 Å². The van der Waals surface area contributed by atoms with Crippen molar-refractivity contribution in [3.8, 4) is 11.1 Å². The molecule has 0 unspecified atom stereocenters. The molecule has 2 amide bonds. The Morgan fingerprint density at radius 1 is 1.22 bits per heavy atom. The summed E-state index contributed by atoms with van der Waals surface area (Å²) in [5, 5.41) is 13.5. The van der Waals surface area contributed by atoms with Crippen LogP contribution in [-0.2, 0) is 20.6 Å². The first-order valence-electron chi connectivity index (χ1n) is 11.2. The minimum atomic E-state index is -4.82. The number of alkyl halides is 3. The Balaban J connectivity index is 1.38. The molecule has 4 rings (SSSR count). The van der Waals surface area contributed by atoms with E-state index in [1.807, 2.05) is 0 Å². The second kappa shape index (κ2) is 10.9. The molecule has 1 aliphatic heterocycles. The Hall–Kier alpha value is -2.77. The standard InChI is InChI=1S/C24H20F4N2O4S3/c25-18-4-2-12(9-17(18)24(26,27)28)14-8-16(36-11-14)10-19-21(32)30(23(35)37-19)6-5-20(31)29-15-3-1-13(7-15)22(33)34/h2,4,8-11,13,15H,1,3,5-7H2,(H,29,31)(H,33,34)/b19-10-/t13-,15+/m1/s1. The average molecular weight is 573 g/mol. The van der Waals surface area contributed by atoms with Gasteiger partial charge in [-0.3, -0.25) is 19.3 Å². The van der Waals surface area contributed by atoms with E-state index >= 15 is 0 Å². The number of carboxylic acid groups (broad SMARTS) is 1. The zero-order valence-electron chi connectivity index (χ0n) is 19.0. The van der Waals surface area contributed by atoms with E-state index in [1.54, 1.807) is 17.5 Å². The number of hydrogen-bond acceptors (Lipinski definition) is 6. The number of carbonyl (C=O) groups is 3. The number of hydrogen-bond donors (Lipinski definition) is 2. The van der Waals surface area contributed by atoms with Crippen LogP contribution in [0.3, 0.4) is 0 Å². The van der Waals surface area contributed by atoms with Gasteiger partial charge in [-0.05, 0) is 60.0 Å². The molecule has 37 heavy (non-hydrogen) atoms. The summed E-state index contributed by atoms with van der Waals surface area (Å²) in [5.74, 6) is -3.37. The molecule has 1 saturated heterocycles. The Kier molecular flexibility index (Phi) is 8.05. The minimum Gasteiger partial charge on any atom is -0.481 e. The Morgan fingerprint density at radius 2 is 1.97 bits per heavy atom. The predicted molar refractivity (Wildman–Crippen MR) is 136 cm³/mol. The molecule has 2 atom stereocenters. The number of carboxylic acids is 1. The zero-order chi connectivity index (χ0) is 26.9. The third-order valence-corrected chi connectivity index (χ3v) is 8.34. The number of nitrogens with one attached hydrogen (secondary N) is 1. The predicted octanol–water partition coefficient (Wildman–Crippen LogP) is 5.53. The van der Waals surface area contributed by atoms with Gasteiger partial charge in [0.25, 0.3) is 5.91 Å². The van der Waals surface area contributed by atoms with Crippen molar-refractivity contribution in [2.24, 2.45) is 5.92 Å². The first kappa shape index (κ1) is 27.3. The number of nitrogens with zero attached hydrogens (tertiary/aromatic N) is 1. The second-order valence-corrected chi connectivity index (χ2v) is 11.2. The molecule has 2 aliphatic rings. The number of carbonyl (C=O) groups excluding carboxylic acids is 2. The fraction of sp³-hybridized carbons (Fsp3) is 0.333. The van der Waals surface area contributed by atoms with E-state index in [4.69, 9.17) is 17.3 Å². The van der Waals surface area contributed by atoms with Crippen LogP contribution in [-0.4, -0.2) is 44.7 Å².